The molecule has 0 aliphatic rings. The molecule has 190 valence electrons. The molecule has 0 aromatic heterocycles. The average molecular weight is 523 g/mol. The summed E-state index contributed by atoms with van der Waals surface area (Å²) in [7, 11) is 0. The molecule has 38 heavy (non-hydrogen) atoms. The summed E-state index contributed by atoms with van der Waals surface area (Å²) in [5.41, 5.74) is 6.99. The maximum atomic E-state index is 10.8. The zero-order chi connectivity index (χ0) is 26.9. The van der Waals surface area contributed by atoms with E-state index < -0.39 is 5.97 Å². The molecule has 4 rings (SSSR count). The topological polar surface area (TPSA) is 55.8 Å². The second-order valence-electron chi connectivity index (χ2n) is 8.74. The Morgan fingerprint density at radius 1 is 0.816 bits per heavy atom. The van der Waals surface area contributed by atoms with Crippen LogP contribution in [0.3, 0.4) is 0 Å². The summed E-state index contributed by atoms with van der Waals surface area (Å²) in [6.07, 6.45) is 2.03. The second kappa shape index (κ2) is 12.7. The largest absolute Gasteiger partial charge is 0.489 e. The van der Waals surface area contributed by atoms with Crippen LogP contribution < -0.4 is 9.47 Å². The number of rotatable bonds is 8. The van der Waals surface area contributed by atoms with Crippen molar-refractivity contribution in [3.05, 3.63) is 135 Å². The first kappa shape index (κ1) is 26.6. The van der Waals surface area contributed by atoms with Gasteiger partial charge < -0.3 is 14.6 Å². The highest BCUT2D eigenvalue weighted by Crippen LogP contribution is 2.27. The first-order chi connectivity index (χ1) is 18.4. The fourth-order valence-electron chi connectivity index (χ4n) is 3.78. The minimum Gasteiger partial charge on any atom is -0.489 e. The van der Waals surface area contributed by atoms with E-state index in [0.717, 1.165) is 33.4 Å². The number of hydrogen-bond acceptors (Lipinski definition) is 3. The highest BCUT2D eigenvalue weighted by Gasteiger charge is 2.07. The van der Waals surface area contributed by atoms with Crippen LogP contribution >= 0.6 is 11.6 Å². The third kappa shape index (κ3) is 7.52. The molecule has 0 unspecified atom stereocenters. The summed E-state index contributed by atoms with van der Waals surface area (Å²) >= 11 is 6.13. The van der Waals surface area contributed by atoms with Crippen LogP contribution in [0.2, 0.25) is 5.02 Å². The molecule has 0 radical (unpaired) electrons. The molecule has 0 fully saturated rings. The molecule has 0 spiro atoms. The Morgan fingerprint density at radius 3 is 1.97 bits per heavy atom. The number of benzene rings is 4. The number of aryl methyl sites for hydroxylation is 2. The van der Waals surface area contributed by atoms with Gasteiger partial charge in [0, 0.05) is 16.1 Å². The van der Waals surface area contributed by atoms with Gasteiger partial charge in [-0.1, -0.05) is 65.4 Å². The van der Waals surface area contributed by atoms with Crippen molar-refractivity contribution in [2.75, 3.05) is 13.2 Å². The smallest absolute Gasteiger partial charge is 0.341 e. The van der Waals surface area contributed by atoms with Crippen molar-refractivity contribution in [3.63, 3.8) is 0 Å². The molecule has 0 aliphatic carbocycles. The molecule has 0 bridgehead atoms. The first-order valence-electron chi connectivity index (χ1n) is 12.1. The van der Waals surface area contributed by atoms with Crippen molar-refractivity contribution < 1.29 is 19.4 Å². The normalized spacial score (nSPS) is 10.9. The molecule has 4 aromatic carbocycles. The van der Waals surface area contributed by atoms with Crippen molar-refractivity contribution in [2.24, 2.45) is 0 Å². The van der Waals surface area contributed by atoms with Gasteiger partial charge in [0.25, 0.3) is 0 Å². The van der Waals surface area contributed by atoms with Gasteiger partial charge in [-0.2, -0.15) is 0 Å². The molecule has 5 heteroatoms. The maximum absolute atomic E-state index is 10.8. The van der Waals surface area contributed by atoms with E-state index in [4.69, 9.17) is 26.2 Å². The molecule has 0 saturated carbocycles. The fraction of sp³-hybridized carbons (Fsp3) is 0.121. The quantitative estimate of drug-likeness (QED) is 0.246. The van der Waals surface area contributed by atoms with Gasteiger partial charge in [-0.05, 0) is 96.8 Å². The van der Waals surface area contributed by atoms with E-state index in [0.29, 0.717) is 23.1 Å². The number of ether oxygens (including phenoxy) is 2. The SMILES string of the molecule is Cc1ccc(C#Cc2ccc(C(=CCOc3ccc(OCC(=O)O)c(C)c3)c3ccc(Cl)cc3)cc2)cc1. The number of halogens is 1. The van der Waals surface area contributed by atoms with Crippen LogP contribution in [0.25, 0.3) is 5.57 Å². The van der Waals surface area contributed by atoms with Crippen molar-refractivity contribution >= 4 is 23.1 Å². The minimum atomic E-state index is -1.02. The van der Waals surface area contributed by atoms with Crippen LogP contribution in [0.4, 0.5) is 0 Å². The lowest BCUT2D eigenvalue weighted by Gasteiger charge is -2.12. The van der Waals surface area contributed by atoms with E-state index in [1.54, 1.807) is 12.1 Å². The summed E-state index contributed by atoms with van der Waals surface area (Å²) in [4.78, 5) is 10.8. The molecule has 0 amide bonds. The number of hydrogen-bond donors (Lipinski definition) is 1. The fourth-order valence-corrected chi connectivity index (χ4v) is 3.91. The van der Waals surface area contributed by atoms with Gasteiger partial charge in [0.15, 0.2) is 6.61 Å². The zero-order valence-corrected chi connectivity index (χ0v) is 22.0. The van der Waals surface area contributed by atoms with Crippen LogP contribution in [-0.4, -0.2) is 24.3 Å². The molecule has 0 aliphatic heterocycles. The highest BCUT2D eigenvalue weighted by molar-refractivity contribution is 6.30. The lowest BCUT2D eigenvalue weighted by atomic mass is 9.97. The van der Waals surface area contributed by atoms with Gasteiger partial charge in [0.05, 0.1) is 0 Å². The average Bonchev–Trinajstić information content (AvgIpc) is 2.91. The second-order valence-corrected chi connectivity index (χ2v) is 9.18. The maximum Gasteiger partial charge on any atom is 0.341 e. The molecule has 0 atom stereocenters. The predicted molar refractivity (Wildman–Crippen MR) is 152 cm³/mol. The summed E-state index contributed by atoms with van der Waals surface area (Å²) < 4.78 is 11.3. The standard InChI is InChI=1S/C33H27ClO4/c1-23-3-5-25(6-4-23)7-8-26-9-11-27(12-10-26)31(28-13-15-29(34)16-14-28)19-20-37-30-17-18-32(24(2)21-30)38-22-33(35)36/h3-6,9-19,21H,20,22H2,1-2H3,(H,35,36). The van der Waals surface area contributed by atoms with Crippen molar-refractivity contribution in [2.45, 2.75) is 13.8 Å². The molecule has 0 saturated heterocycles. The van der Waals surface area contributed by atoms with Gasteiger partial charge in [-0.25, -0.2) is 4.79 Å². The Bertz CT molecular complexity index is 1490. The molecule has 1 N–H and O–H groups in total. The predicted octanol–water partition coefficient (Wildman–Crippen LogP) is 7.33. The Hall–Kier alpha value is -4.46. The zero-order valence-electron chi connectivity index (χ0n) is 21.2. The van der Waals surface area contributed by atoms with E-state index in [1.807, 2.05) is 67.6 Å². The molecular formula is C33H27ClO4. The van der Waals surface area contributed by atoms with Crippen molar-refractivity contribution in [1.29, 1.82) is 0 Å². The van der Waals surface area contributed by atoms with Crippen LogP contribution in [-0.2, 0) is 4.79 Å². The Morgan fingerprint density at radius 2 is 1.39 bits per heavy atom. The molecular weight excluding hydrogens is 496 g/mol. The summed E-state index contributed by atoms with van der Waals surface area (Å²) in [6.45, 7) is 3.86. The van der Waals surface area contributed by atoms with Crippen LogP contribution in [0.5, 0.6) is 11.5 Å². The highest BCUT2D eigenvalue weighted by atomic mass is 35.5. The van der Waals surface area contributed by atoms with E-state index in [1.165, 1.54) is 5.56 Å². The Balaban J connectivity index is 1.52. The van der Waals surface area contributed by atoms with Gasteiger partial charge in [-0.15, -0.1) is 0 Å². The van der Waals surface area contributed by atoms with E-state index >= 15 is 0 Å². The molecule has 0 heterocycles. The number of aliphatic carboxylic acids is 1. The Kier molecular flexibility index (Phi) is 8.87. The van der Waals surface area contributed by atoms with Crippen molar-refractivity contribution in [3.8, 4) is 23.3 Å². The lowest BCUT2D eigenvalue weighted by molar-refractivity contribution is -0.139. The van der Waals surface area contributed by atoms with Crippen LogP contribution in [0.15, 0.2) is 97.1 Å². The monoisotopic (exact) mass is 522 g/mol. The van der Waals surface area contributed by atoms with Gasteiger partial charge in [0.2, 0.25) is 0 Å². The van der Waals surface area contributed by atoms with Crippen molar-refractivity contribution in [1.82, 2.24) is 0 Å². The first-order valence-corrected chi connectivity index (χ1v) is 12.5. The van der Waals surface area contributed by atoms with Gasteiger partial charge >= 0.3 is 5.97 Å². The number of carbonyl (C=O) groups is 1. The summed E-state index contributed by atoms with van der Waals surface area (Å²) in [6, 6.07) is 29.3. The number of carboxylic acid groups (broad SMARTS) is 1. The third-order valence-corrected chi connectivity index (χ3v) is 6.04. The third-order valence-electron chi connectivity index (χ3n) is 5.79. The Labute approximate surface area is 228 Å². The van der Waals surface area contributed by atoms with Crippen LogP contribution in [0, 0.1) is 25.7 Å². The van der Waals surface area contributed by atoms with E-state index in [-0.39, 0.29) is 6.61 Å². The number of carboxylic acids is 1. The van der Waals surface area contributed by atoms with E-state index in [9.17, 15) is 4.79 Å². The minimum absolute atomic E-state index is 0.335. The van der Waals surface area contributed by atoms with Gasteiger partial charge in [0.1, 0.15) is 18.1 Å². The van der Waals surface area contributed by atoms with Gasteiger partial charge in [-0.3, -0.25) is 0 Å². The molecule has 4 aromatic rings. The van der Waals surface area contributed by atoms with Crippen LogP contribution in [0.1, 0.15) is 33.4 Å². The summed E-state index contributed by atoms with van der Waals surface area (Å²) in [5, 5.41) is 9.49. The molecule has 4 nitrogen and oxygen atoms in total. The lowest BCUT2D eigenvalue weighted by Crippen LogP contribution is -2.10. The summed E-state index contributed by atoms with van der Waals surface area (Å²) in [5.74, 6) is 6.60. The van der Waals surface area contributed by atoms with E-state index in [2.05, 4.69) is 43.0 Å².